The summed E-state index contributed by atoms with van der Waals surface area (Å²) in [4.78, 5) is 24.1. The number of nitrogens with two attached hydrogens (primary N) is 1. The van der Waals surface area contributed by atoms with Gasteiger partial charge in [0, 0.05) is 18.3 Å². The van der Waals surface area contributed by atoms with Gasteiger partial charge in [0.1, 0.15) is 17.1 Å². The molecule has 0 saturated carbocycles. The van der Waals surface area contributed by atoms with Gasteiger partial charge >= 0.3 is 0 Å². The number of rotatable bonds is 4. The van der Waals surface area contributed by atoms with Gasteiger partial charge in [-0.1, -0.05) is 11.6 Å². The Labute approximate surface area is 181 Å². The number of nitrogens with one attached hydrogen (secondary N) is 1. The van der Waals surface area contributed by atoms with Gasteiger partial charge < -0.3 is 15.8 Å². The summed E-state index contributed by atoms with van der Waals surface area (Å²) in [6, 6.07) is 2.21. The zero-order valence-electron chi connectivity index (χ0n) is 18.7. The molecule has 0 spiro atoms. The van der Waals surface area contributed by atoms with Gasteiger partial charge in [-0.2, -0.15) is 0 Å². The summed E-state index contributed by atoms with van der Waals surface area (Å²) >= 11 is 6.10. The molecule has 2 heterocycles. The molecule has 1 aromatic heterocycles. The molecule has 30 heavy (non-hydrogen) atoms. The van der Waals surface area contributed by atoms with Crippen LogP contribution in [-0.2, 0) is 15.6 Å². The molecule has 1 amide bonds. The molecule has 160 valence electrons. The van der Waals surface area contributed by atoms with E-state index >= 15 is 0 Å². The lowest BCUT2D eigenvalue weighted by Crippen LogP contribution is -2.50. The first-order valence-electron chi connectivity index (χ1n) is 9.75. The molecule has 3 N–H and O–H groups in total. The number of hydrogen-bond donors (Lipinski definition) is 2. The van der Waals surface area contributed by atoms with Gasteiger partial charge in [0.2, 0.25) is 21.9 Å². The first kappa shape index (κ1) is 17.8. The Morgan fingerprint density at radius 1 is 1.43 bits per heavy atom. The summed E-state index contributed by atoms with van der Waals surface area (Å²) in [5.41, 5.74) is 3.91. The summed E-state index contributed by atoms with van der Waals surface area (Å²) in [5, 5.41) is 2.02. The van der Waals surface area contributed by atoms with Crippen molar-refractivity contribution in [2.45, 2.75) is 12.5 Å². The Morgan fingerprint density at radius 2 is 2.17 bits per heavy atom. The van der Waals surface area contributed by atoms with Crippen LogP contribution in [0.4, 0.5) is 10.1 Å². The van der Waals surface area contributed by atoms with E-state index < -0.39 is 40.1 Å². The van der Waals surface area contributed by atoms with Crippen molar-refractivity contribution in [2.75, 3.05) is 25.2 Å². The molecule has 0 saturated heterocycles. The number of methoxy groups -OCH3 is 1. The Balaban J connectivity index is 1.91. The Bertz CT molecular complexity index is 1240. The first-order chi connectivity index (χ1) is 15.1. The highest BCUT2D eigenvalue weighted by atomic mass is 35.5. The molecule has 1 atom stereocenters. The molecule has 0 radical (unpaired) electrons. The minimum absolute atomic E-state index is 0.00778. The molecule has 1 aromatic carbocycles. The number of halogens is 2. The highest BCUT2D eigenvalue weighted by Gasteiger charge is 2.42. The van der Waals surface area contributed by atoms with Crippen molar-refractivity contribution >= 4 is 39.2 Å². The normalized spacial score (nSPS) is 22.3. The van der Waals surface area contributed by atoms with Crippen LogP contribution in [0.1, 0.15) is 27.1 Å². The van der Waals surface area contributed by atoms with E-state index in [0.29, 0.717) is 0 Å². The summed E-state index contributed by atoms with van der Waals surface area (Å²) in [5.74, 6) is -2.89. The lowest BCUT2D eigenvalue weighted by atomic mass is 9.93. The largest absolute Gasteiger partial charge is 0.480 e. The number of benzene rings is 1. The van der Waals surface area contributed by atoms with Crippen LogP contribution < -0.4 is 15.8 Å². The molecule has 13 heteroatoms. The molecule has 2 aromatic rings. The molecule has 1 aliphatic rings. The van der Waals surface area contributed by atoms with Gasteiger partial charge in [-0.05, 0) is 19.1 Å². The van der Waals surface area contributed by atoms with Crippen LogP contribution in [0.15, 0.2) is 29.5 Å². The van der Waals surface area contributed by atoms with Gasteiger partial charge in [0.25, 0.3) is 5.91 Å². The van der Waals surface area contributed by atoms with Gasteiger partial charge in [0.15, 0.2) is 0 Å². The maximum absolute atomic E-state index is 14.6. The molecule has 1 aliphatic heterocycles. The van der Waals surface area contributed by atoms with Crippen molar-refractivity contribution in [1.29, 1.82) is 0 Å². The van der Waals surface area contributed by atoms with E-state index in [-0.39, 0.29) is 33.8 Å². The van der Waals surface area contributed by atoms with E-state index in [9.17, 15) is 17.6 Å². The van der Waals surface area contributed by atoms with E-state index in [2.05, 4.69) is 25.0 Å². The minimum Gasteiger partial charge on any atom is -0.480 e. The molecule has 0 aliphatic carbocycles. The highest BCUT2D eigenvalue weighted by Crippen LogP contribution is 2.38. The van der Waals surface area contributed by atoms with E-state index in [4.69, 9.17) is 21.4 Å². The van der Waals surface area contributed by atoms with Crippen molar-refractivity contribution in [1.82, 2.24) is 14.3 Å². The smallest absolute Gasteiger partial charge is 0.275 e. The van der Waals surface area contributed by atoms with E-state index in [1.54, 1.807) is 0 Å². The standard InChI is InChI=1S/C17H18ClFN6O4S/c1-17(8-30(27,28)25(2)16(20)24-17)10-4-9(5-11(19)14(10)18)23-15(26)12-6-22-13(29-3)7-21-12/h4-7H,8H2,1-3H3,(H2,20,24)(H,23,26)/t17-/m0/s1/i3D3. The molecule has 0 fully saturated rings. The second kappa shape index (κ2) is 7.69. The third-order valence-electron chi connectivity index (χ3n) is 4.40. The molecular weight excluding hydrogens is 439 g/mol. The van der Waals surface area contributed by atoms with Crippen LogP contribution in [0.5, 0.6) is 5.88 Å². The zero-order valence-corrected chi connectivity index (χ0v) is 17.3. The van der Waals surface area contributed by atoms with Crippen LogP contribution in [-0.4, -0.2) is 54.4 Å². The maximum Gasteiger partial charge on any atom is 0.275 e. The average Bonchev–Trinajstić information content (AvgIpc) is 2.67. The second-order valence-corrected chi connectivity index (χ2v) is 8.96. The molecular formula is C17H18ClFN6O4S. The number of amides is 1. The lowest BCUT2D eigenvalue weighted by Gasteiger charge is -2.35. The van der Waals surface area contributed by atoms with E-state index in [1.807, 2.05) is 0 Å². The van der Waals surface area contributed by atoms with Gasteiger partial charge in [-0.15, -0.1) is 0 Å². The minimum atomic E-state index is -3.85. The van der Waals surface area contributed by atoms with Crippen LogP contribution in [0.3, 0.4) is 0 Å². The predicted molar refractivity (Wildman–Crippen MR) is 108 cm³/mol. The first-order valence-corrected chi connectivity index (χ1v) is 10.2. The van der Waals surface area contributed by atoms with Gasteiger partial charge in [-0.3, -0.25) is 4.79 Å². The van der Waals surface area contributed by atoms with Crippen LogP contribution >= 0.6 is 11.6 Å². The van der Waals surface area contributed by atoms with Crippen molar-refractivity contribution in [3.05, 3.63) is 46.6 Å². The number of carbonyl (C=O) groups excluding carboxylic acids is 1. The monoisotopic (exact) mass is 459 g/mol. The number of carbonyl (C=O) groups is 1. The predicted octanol–water partition coefficient (Wildman–Crippen LogP) is 1.34. The number of ether oxygens (including phenoxy) is 1. The highest BCUT2D eigenvalue weighted by molar-refractivity contribution is 7.89. The summed E-state index contributed by atoms with van der Waals surface area (Å²) in [7, 11) is -5.35. The SMILES string of the molecule is [2H]C([2H])([2H])Oc1cnc(C(=O)Nc2cc(F)c(Cl)c([C@]3(C)CS(=O)(=O)N(C)C(N)=N3)c2)cn1. The molecule has 0 bridgehead atoms. The van der Waals surface area contributed by atoms with Crippen molar-refractivity contribution in [3.63, 3.8) is 0 Å². The molecule has 0 unspecified atom stereocenters. The number of hydrogen-bond acceptors (Lipinski definition) is 8. The second-order valence-electron chi connectivity index (χ2n) is 6.58. The van der Waals surface area contributed by atoms with Gasteiger partial charge in [-0.25, -0.2) is 32.1 Å². The fraction of sp³-hybridized carbons (Fsp3) is 0.294. The quantitative estimate of drug-likeness (QED) is 0.702. The van der Waals surface area contributed by atoms with Crippen molar-refractivity contribution in [2.24, 2.45) is 10.7 Å². The number of anilines is 1. The number of guanidine groups is 1. The number of nitrogens with zero attached hydrogens (tertiary/aromatic N) is 4. The zero-order chi connectivity index (χ0) is 24.8. The van der Waals surface area contributed by atoms with Gasteiger partial charge in [0.05, 0.1) is 34.3 Å². The van der Waals surface area contributed by atoms with Crippen molar-refractivity contribution in [3.8, 4) is 5.88 Å². The number of aromatic nitrogens is 2. The average molecular weight is 460 g/mol. The Morgan fingerprint density at radius 3 is 2.77 bits per heavy atom. The fourth-order valence-electron chi connectivity index (χ4n) is 2.82. The van der Waals surface area contributed by atoms with E-state index in [0.717, 1.165) is 22.8 Å². The van der Waals surface area contributed by atoms with Crippen LogP contribution in [0.25, 0.3) is 0 Å². The number of sulfonamides is 1. The third kappa shape index (κ3) is 4.00. The van der Waals surface area contributed by atoms with E-state index in [1.165, 1.54) is 20.0 Å². The van der Waals surface area contributed by atoms with Crippen molar-refractivity contribution < 1.29 is 26.5 Å². The number of aliphatic imine (C=N–C) groups is 1. The Hall–Kier alpha value is -2.99. The lowest BCUT2D eigenvalue weighted by molar-refractivity contribution is 0.102. The summed E-state index contributed by atoms with van der Waals surface area (Å²) in [6.07, 6.45) is 1.91. The summed E-state index contributed by atoms with van der Waals surface area (Å²) < 4.78 is 65.9. The molecule has 3 rings (SSSR count). The van der Waals surface area contributed by atoms with Crippen LogP contribution in [0.2, 0.25) is 5.02 Å². The maximum atomic E-state index is 14.6. The fourth-order valence-corrected chi connectivity index (χ4v) is 4.58. The summed E-state index contributed by atoms with van der Waals surface area (Å²) in [6.45, 7) is 1.42. The third-order valence-corrected chi connectivity index (χ3v) is 6.73. The molecule has 10 nitrogen and oxygen atoms in total. The topological polar surface area (TPSA) is 140 Å². The van der Waals surface area contributed by atoms with Crippen LogP contribution in [0, 0.1) is 5.82 Å². The Kier molecular flexibility index (Phi) is 4.57.